The molecule has 4 heteroatoms. The molecule has 1 atom stereocenters. The zero-order valence-corrected chi connectivity index (χ0v) is 10.6. The van der Waals surface area contributed by atoms with Gasteiger partial charge in [0.05, 0.1) is 18.1 Å². The Kier molecular flexibility index (Phi) is 5.49. The van der Waals surface area contributed by atoms with E-state index >= 15 is 0 Å². The Hall–Kier alpha value is -0.870. The minimum atomic E-state index is 0.219. The third-order valence-electron chi connectivity index (χ3n) is 2.57. The molecule has 1 unspecified atom stereocenters. The van der Waals surface area contributed by atoms with Gasteiger partial charge in [0.15, 0.2) is 0 Å². The summed E-state index contributed by atoms with van der Waals surface area (Å²) in [6, 6.07) is 0.219. The first-order valence-electron chi connectivity index (χ1n) is 6.12. The number of nitrogens with zero attached hydrogens (tertiary/aromatic N) is 2. The third kappa shape index (κ3) is 3.61. The van der Waals surface area contributed by atoms with Crippen LogP contribution in [0.3, 0.4) is 0 Å². The van der Waals surface area contributed by atoms with Gasteiger partial charge in [0, 0.05) is 19.3 Å². The molecular formula is C12H24N4. The van der Waals surface area contributed by atoms with Crippen molar-refractivity contribution < 1.29 is 0 Å². The molecule has 0 aliphatic heterocycles. The second-order valence-corrected chi connectivity index (χ2v) is 4.60. The van der Waals surface area contributed by atoms with Crippen molar-refractivity contribution in [3.63, 3.8) is 0 Å². The first-order chi connectivity index (χ1) is 7.69. The highest BCUT2D eigenvalue weighted by Crippen LogP contribution is 2.12. The Bertz CT molecular complexity index is 293. The molecule has 1 rings (SSSR count). The normalized spacial score (nSPS) is 13.3. The van der Waals surface area contributed by atoms with Crippen LogP contribution in [-0.2, 0) is 6.54 Å². The Labute approximate surface area is 98.2 Å². The molecule has 0 saturated heterocycles. The molecule has 1 aromatic rings. The van der Waals surface area contributed by atoms with E-state index in [1.54, 1.807) is 0 Å². The van der Waals surface area contributed by atoms with E-state index in [1.807, 2.05) is 12.5 Å². The Balaban J connectivity index is 2.66. The molecule has 0 saturated carbocycles. The summed E-state index contributed by atoms with van der Waals surface area (Å²) in [6.45, 7) is 9.17. The van der Waals surface area contributed by atoms with Crippen molar-refractivity contribution >= 4 is 0 Å². The van der Waals surface area contributed by atoms with Crippen LogP contribution in [0.5, 0.6) is 0 Å². The fraction of sp³-hybridized carbons (Fsp3) is 0.750. The van der Waals surface area contributed by atoms with E-state index in [0.29, 0.717) is 12.5 Å². The maximum Gasteiger partial charge on any atom is 0.0948 e. The van der Waals surface area contributed by atoms with Gasteiger partial charge < -0.3 is 15.6 Å². The van der Waals surface area contributed by atoms with Gasteiger partial charge in [-0.25, -0.2) is 4.98 Å². The molecule has 0 bridgehead atoms. The molecule has 0 aromatic carbocycles. The average molecular weight is 224 g/mol. The maximum atomic E-state index is 5.81. The molecule has 0 aliphatic rings. The van der Waals surface area contributed by atoms with E-state index < -0.39 is 0 Å². The van der Waals surface area contributed by atoms with Crippen LogP contribution in [0.2, 0.25) is 0 Å². The van der Waals surface area contributed by atoms with E-state index in [9.17, 15) is 0 Å². The highest BCUT2D eigenvalue weighted by Gasteiger charge is 2.13. The van der Waals surface area contributed by atoms with Crippen molar-refractivity contribution in [1.29, 1.82) is 0 Å². The number of nitrogens with two attached hydrogens (primary N) is 1. The van der Waals surface area contributed by atoms with Crippen molar-refractivity contribution in [3.05, 3.63) is 18.2 Å². The van der Waals surface area contributed by atoms with Crippen molar-refractivity contribution in [2.45, 2.75) is 39.8 Å². The highest BCUT2D eigenvalue weighted by molar-refractivity contribution is 5.06. The Morgan fingerprint density at radius 2 is 2.25 bits per heavy atom. The summed E-state index contributed by atoms with van der Waals surface area (Å²) < 4.78 is 2.19. The zero-order valence-electron chi connectivity index (χ0n) is 10.6. The van der Waals surface area contributed by atoms with Gasteiger partial charge in [-0.15, -0.1) is 0 Å². The van der Waals surface area contributed by atoms with Crippen molar-refractivity contribution in [1.82, 2.24) is 14.9 Å². The summed E-state index contributed by atoms with van der Waals surface area (Å²) >= 11 is 0. The van der Waals surface area contributed by atoms with Gasteiger partial charge in [-0.2, -0.15) is 0 Å². The summed E-state index contributed by atoms with van der Waals surface area (Å²) in [7, 11) is 0. The van der Waals surface area contributed by atoms with E-state index in [4.69, 9.17) is 5.73 Å². The van der Waals surface area contributed by atoms with Crippen LogP contribution in [-0.4, -0.2) is 22.6 Å². The monoisotopic (exact) mass is 224 g/mol. The van der Waals surface area contributed by atoms with Crippen molar-refractivity contribution in [3.8, 4) is 0 Å². The smallest absolute Gasteiger partial charge is 0.0948 e. The molecule has 4 nitrogen and oxygen atoms in total. The van der Waals surface area contributed by atoms with E-state index in [1.165, 1.54) is 5.69 Å². The molecule has 1 aromatic heterocycles. The maximum absolute atomic E-state index is 5.81. The number of nitrogens with one attached hydrogen (secondary N) is 1. The number of rotatable bonds is 7. The fourth-order valence-corrected chi connectivity index (χ4v) is 1.74. The summed E-state index contributed by atoms with van der Waals surface area (Å²) in [6.07, 6.45) is 4.92. The lowest BCUT2D eigenvalue weighted by molar-refractivity contribution is 0.455. The predicted octanol–water partition coefficient (Wildman–Crippen LogP) is 1.54. The number of aromatic nitrogens is 2. The van der Waals surface area contributed by atoms with Crippen LogP contribution >= 0.6 is 0 Å². The van der Waals surface area contributed by atoms with Crippen LogP contribution in [0.4, 0.5) is 0 Å². The third-order valence-corrected chi connectivity index (χ3v) is 2.57. The lowest BCUT2D eigenvalue weighted by Gasteiger charge is -2.19. The van der Waals surface area contributed by atoms with Gasteiger partial charge >= 0.3 is 0 Å². The van der Waals surface area contributed by atoms with Gasteiger partial charge in [-0.1, -0.05) is 20.8 Å². The van der Waals surface area contributed by atoms with Gasteiger partial charge in [-0.05, 0) is 18.9 Å². The van der Waals surface area contributed by atoms with E-state index in [0.717, 1.165) is 19.5 Å². The Morgan fingerprint density at radius 1 is 1.50 bits per heavy atom. The van der Waals surface area contributed by atoms with Crippen LogP contribution in [0.25, 0.3) is 0 Å². The second kappa shape index (κ2) is 6.66. The predicted molar refractivity (Wildman–Crippen MR) is 67.2 cm³/mol. The van der Waals surface area contributed by atoms with Crippen LogP contribution < -0.4 is 11.1 Å². The second-order valence-electron chi connectivity index (χ2n) is 4.60. The minimum absolute atomic E-state index is 0.219. The summed E-state index contributed by atoms with van der Waals surface area (Å²) in [4.78, 5) is 4.20. The molecule has 0 aliphatic carbocycles. The van der Waals surface area contributed by atoms with Gasteiger partial charge in [0.2, 0.25) is 0 Å². The highest BCUT2D eigenvalue weighted by atomic mass is 15.1. The molecule has 0 amide bonds. The van der Waals surface area contributed by atoms with Crippen LogP contribution in [0.1, 0.15) is 38.9 Å². The van der Waals surface area contributed by atoms with E-state index in [-0.39, 0.29) is 6.04 Å². The van der Waals surface area contributed by atoms with E-state index in [2.05, 4.69) is 35.6 Å². The lowest BCUT2D eigenvalue weighted by Crippen LogP contribution is -2.32. The number of hydrogen-bond donors (Lipinski definition) is 2. The summed E-state index contributed by atoms with van der Waals surface area (Å²) in [5.41, 5.74) is 7.01. The number of imidazole rings is 1. The van der Waals surface area contributed by atoms with Crippen molar-refractivity contribution in [2.75, 3.05) is 13.1 Å². The molecule has 0 radical (unpaired) electrons. The first kappa shape index (κ1) is 13.2. The average Bonchev–Trinajstić information content (AvgIpc) is 2.68. The molecule has 92 valence electrons. The topological polar surface area (TPSA) is 55.9 Å². The van der Waals surface area contributed by atoms with Gasteiger partial charge in [0.1, 0.15) is 0 Å². The molecule has 0 fully saturated rings. The number of aryl methyl sites for hydroxylation is 1. The van der Waals surface area contributed by atoms with Crippen LogP contribution in [0, 0.1) is 5.92 Å². The molecule has 1 heterocycles. The Morgan fingerprint density at radius 3 is 2.81 bits per heavy atom. The van der Waals surface area contributed by atoms with Gasteiger partial charge in [-0.3, -0.25) is 0 Å². The fourth-order valence-electron chi connectivity index (χ4n) is 1.74. The summed E-state index contributed by atoms with van der Waals surface area (Å²) in [5.74, 6) is 0.636. The molecule has 16 heavy (non-hydrogen) atoms. The van der Waals surface area contributed by atoms with Crippen LogP contribution in [0.15, 0.2) is 12.5 Å². The SMILES string of the molecule is CCCn1cncc1C(CN)NCC(C)C. The van der Waals surface area contributed by atoms with Crippen molar-refractivity contribution in [2.24, 2.45) is 11.7 Å². The largest absolute Gasteiger partial charge is 0.333 e. The molecular weight excluding hydrogens is 200 g/mol. The molecule has 0 spiro atoms. The first-order valence-corrected chi connectivity index (χ1v) is 6.12. The molecule has 3 N–H and O–H groups in total. The quantitative estimate of drug-likeness (QED) is 0.738. The lowest BCUT2D eigenvalue weighted by atomic mass is 10.1. The minimum Gasteiger partial charge on any atom is -0.333 e. The summed E-state index contributed by atoms with van der Waals surface area (Å²) in [5, 5.41) is 3.48. The number of hydrogen-bond acceptors (Lipinski definition) is 3. The zero-order chi connectivity index (χ0) is 12.0. The van der Waals surface area contributed by atoms with Gasteiger partial charge in [0.25, 0.3) is 0 Å². The standard InChI is InChI=1S/C12H24N4/c1-4-5-16-9-14-8-12(16)11(6-13)15-7-10(2)3/h8-11,15H,4-7,13H2,1-3H3.